The largest absolute Gasteiger partial charge is 0.380 e. The van der Waals surface area contributed by atoms with Crippen LogP contribution in [0.25, 0.3) is 11.2 Å². The molecule has 2 heterocycles. The van der Waals surface area contributed by atoms with Gasteiger partial charge in [0.05, 0.1) is 12.0 Å². The van der Waals surface area contributed by atoms with Crippen LogP contribution in [0.15, 0.2) is 12.1 Å². The summed E-state index contributed by atoms with van der Waals surface area (Å²) >= 11 is 6.23. The molecule has 0 amide bonds. The van der Waals surface area contributed by atoms with Crippen LogP contribution in [0.3, 0.4) is 0 Å². The maximum absolute atomic E-state index is 6.23. The van der Waals surface area contributed by atoms with E-state index < -0.39 is 0 Å². The minimum atomic E-state index is -0.139. The molecule has 5 heteroatoms. The van der Waals surface area contributed by atoms with E-state index in [-0.39, 0.29) is 5.38 Å². The molecule has 2 rings (SSSR count). The standard InChI is InChI=1S/C15H22ClN3O/c1-4-5-9-20-10-8-19-14(12(3)16)18-13-7-6-11(2)17-15(13)19/h6-7,12H,4-5,8-10H2,1-3H3. The van der Waals surface area contributed by atoms with Crippen molar-refractivity contribution in [1.29, 1.82) is 0 Å². The van der Waals surface area contributed by atoms with Gasteiger partial charge < -0.3 is 9.30 Å². The lowest BCUT2D eigenvalue weighted by molar-refractivity contribution is 0.123. The maximum atomic E-state index is 6.23. The Kier molecular flexibility index (Phi) is 5.38. The van der Waals surface area contributed by atoms with E-state index in [9.17, 15) is 0 Å². The van der Waals surface area contributed by atoms with Gasteiger partial charge in [-0.25, -0.2) is 9.97 Å². The predicted molar refractivity (Wildman–Crippen MR) is 82.3 cm³/mol. The number of hydrogen-bond acceptors (Lipinski definition) is 3. The smallest absolute Gasteiger partial charge is 0.160 e. The quantitative estimate of drug-likeness (QED) is 0.575. The zero-order valence-corrected chi connectivity index (χ0v) is 13.2. The Morgan fingerprint density at radius 3 is 2.80 bits per heavy atom. The fourth-order valence-electron chi connectivity index (χ4n) is 2.14. The van der Waals surface area contributed by atoms with Crippen molar-refractivity contribution in [1.82, 2.24) is 14.5 Å². The molecule has 2 aromatic rings. The fraction of sp³-hybridized carbons (Fsp3) is 0.600. The third-order valence-corrected chi connectivity index (χ3v) is 3.41. The Labute approximate surface area is 125 Å². The van der Waals surface area contributed by atoms with E-state index in [1.807, 2.05) is 26.0 Å². The first-order chi connectivity index (χ1) is 9.63. The molecule has 2 aromatic heterocycles. The first kappa shape index (κ1) is 15.3. The first-order valence-corrected chi connectivity index (χ1v) is 7.62. The molecule has 0 aliphatic carbocycles. The van der Waals surface area contributed by atoms with Crippen LogP contribution in [0, 0.1) is 6.92 Å². The summed E-state index contributed by atoms with van der Waals surface area (Å²) in [4.78, 5) is 9.16. The molecule has 0 saturated heterocycles. The minimum absolute atomic E-state index is 0.139. The number of pyridine rings is 1. The second-order valence-corrected chi connectivity index (χ2v) is 5.65. The van der Waals surface area contributed by atoms with Crippen LogP contribution in [0.4, 0.5) is 0 Å². The second-order valence-electron chi connectivity index (χ2n) is 5.00. The Bertz CT molecular complexity index is 565. The van der Waals surface area contributed by atoms with Crippen molar-refractivity contribution in [3.63, 3.8) is 0 Å². The van der Waals surface area contributed by atoms with Gasteiger partial charge in [-0.3, -0.25) is 0 Å². The lowest BCUT2D eigenvalue weighted by Gasteiger charge is -2.10. The van der Waals surface area contributed by atoms with Crippen LogP contribution in [-0.2, 0) is 11.3 Å². The summed E-state index contributed by atoms with van der Waals surface area (Å²) in [5.74, 6) is 0.860. The Morgan fingerprint density at radius 1 is 1.30 bits per heavy atom. The number of aromatic nitrogens is 3. The highest BCUT2D eigenvalue weighted by molar-refractivity contribution is 6.20. The highest BCUT2D eigenvalue weighted by Crippen LogP contribution is 2.23. The molecule has 0 aromatic carbocycles. The number of aryl methyl sites for hydroxylation is 1. The second kappa shape index (κ2) is 7.04. The predicted octanol–water partition coefficient (Wildman–Crippen LogP) is 3.86. The molecule has 0 N–H and O–H groups in total. The van der Waals surface area contributed by atoms with Crippen LogP contribution >= 0.6 is 11.6 Å². The van der Waals surface area contributed by atoms with Gasteiger partial charge in [-0.1, -0.05) is 13.3 Å². The van der Waals surface area contributed by atoms with Gasteiger partial charge in [0.25, 0.3) is 0 Å². The Hall–Kier alpha value is -1.13. The van der Waals surface area contributed by atoms with Gasteiger partial charge in [-0.15, -0.1) is 11.6 Å². The lowest BCUT2D eigenvalue weighted by Crippen LogP contribution is -2.11. The number of hydrogen-bond donors (Lipinski definition) is 0. The monoisotopic (exact) mass is 295 g/mol. The average molecular weight is 296 g/mol. The number of alkyl halides is 1. The molecule has 0 aliphatic heterocycles. The Balaban J connectivity index is 2.19. The van der Waals surface area contributed by atoms with Crippen molar-refractivity contribution >= 4 is 22.8 Å². The van der Waals surface area contributed by atoms with Gasteiger partial charge in [-0.05, 0) is 32.4 Å². The number of fused-ring (bicyclic) bond motifs is 1. The normalized spacial score (nSPS) is 13.0. The summed E-state index contributed by atoms with van der Waals surface area (Å²) in [5, 5.41) is -0.139. The molecule has 0 saturated carbocycles. The number of nitrogens with zero attached hydrogens (tertiary/aromatic N) is 3. The minimum Gasteiger partial charge on any atom is -0.380 e. The molecule has 4 nitrogen and oxygen atoms in total. The van der Waals surface area contributed by atoms with Crippen LogP contribution in [0.2, 0.25) is 0 Å². The zero-order valence-electron chi connectivity index (χ0n) is 12.4. The SMILES string of the molecule is CCCCOCCn1c(C(C)Cl)nc2ccc(C)nc21. The van der Waals surface area contributed by atoms with Gasteiger partial charge in [0, 0.05) is 18.8 Å². The molecule has 1 unspecified atom stereocenters. The third kappa shape index (κ3) is 3.49. The molecule has 0 bridgehead atoms. The van der Waals surface area contributed by atoms with E-state index in [2.05, 4.69) is 21.5 Å². The summed E-state index contributed by atoms with van der Waals surface area (Å²) in [7, 11) is 0. The fourth-order valence-corrected chi connectivity index (χ4v) is 2.31. The van der Waals surface area contributed by atoms with Crippen molar-refractivity contribution in [3.8, 4) is 0 Å². The van der Waals surface area contributed by atoms with Gasteiger partial charge in [0.2, 0.25) is 0 Å². The van der Waals surface area contributed by atoms with Gasteiger partial charge in [-0.2, -0.15) is 0 Å². The van der Waals surface area contributed by atoms with Crippen molar-refractivity contribution in [2.45, 2.75) is 45.5 Å². The molecule has 1 atom stereocenters. The van der Waals surface area contributed by atoms with Crippen molar-refractivity contribution in [2.24, 2.45) is 0 Å². The molecule has 0 spiro atoms. The van der Waals surface area contributed by atoms with E-state index in [4.69, 9.17) is 16.3 Å². The van der Waals surface area contributed by atoms with Gasteiger partial charge in [0.15, 0.2) is 5.65 Å². The van der Waals surface area contributed by atoms with Gasteiger partial charge >= 0.3 is 0 Å². The summed E-state index contributed by atoms with van der Waals surface area (Å²) < 4.78 is 7.72. The van der Waals surface area contributed by atoms with Gasteiger partial charge in [0.1, 0.15) is 11.3 Å². The van der Waals surface area contributed by atoms with Crippen LogP contribution in [0.5, 0.6) is 0 Å². The molecule has 0 aliphatic rings. The topological polar surface area (TPSA) is 39.9 Å². The highest BCUT2D eigenvalue weighted by atomic mass is 35.5. The first-order valence-electron chi connectivity index (χ1n) is 7.19. The lowest BCUT2D eigenvalue weighted by atomic mass is 10.3. The number of ether oxygens (including phenoxy) is 1. The molecule has 0 fully saturated rings. The average Bonchev–Trinajstić information content (AvgIpc) is 2.77. The number of imidazole rings is 1. The highest BCUT2D eigenvalue weighted by Gasteiger charge is 2.15. The number of rotatable bonds is 7. The Morgan fingerprint density at radius 2 is 2.10 bits per heavy atom. The molecule has 110 valence electrons. The summed E-state index contributed by atoms with van der Waals surface area (Å²) in [6, 6.07) is 3.97. The number of unbranched alkanes of at least 4 members (excludes halogenated alkanes) is 1. The van der Waals surface area contributed by atoms with E-state index in [1.54, 1.807) is 0 Å². The summed E-state index contributed by atoms with van der Waals surface area (Å²) in [5.41, 5.74) is 2.78. The third-order valence-electron chi connectivity index (χ3n) is 3.22. The molecular formula is C15H22ClN3O. The van der Waals surface area contributed by atoms with E-state index in [1.165, 1.54) is 0 Å². The molecule has 20 heavy (non-hydrogen) atoms. The van der Waals surface area contributed by atoms with E-state index >= 15 is 0 Å². The molecular weight excluding hydrogens is 274 g/mol. The van der Waals surface area contributed by atoms with Crippen LogP contribution < -0.4 is 0 Å². The van der Waals surface area contributed by atoms with Crippen molar-refractivity contribution in [2.75, 3.05) is 13.2 Å². The molecule has 0 radical (unpaired) electrons. The van der Waals surface area contributed by atoms with Crippen LogP contribution in [-0.4, -0.2) is 27.7 Å². The zero-order chi connectivity index (χ0) is 14.5. The summed E-state index contributed by atoms with van der Waals surface area (Å²) in [6.45, 7) is 8.29. The van der Waals surface area contributed by atoms with Crippen molar-refractivity contribution in [3.05, 3.63) is 23.7 Å². The van der Waals surface area contributed by atoms with E-state index in [0.717, 1.165) is 48.7 Å². The van der Waals surface area contributed by atoms with Crippen molar-refractivity contribution < 1.29 is 4.74 Å². The summed E-state index contributed by atoms with van der Waals surface area (Å²) in [6.07, 6.45) is 2.25. The van der Waals surface area contributed by atoms with Crippen LogP contribution in [0.1, 0.15) is 43.6 Å². The number of halogens is 1. The van der Waals surface area contributed by atoms with E-state index in [0.29, 0.717) is 6.61 Å². The maximum Gasteiger partial charge on any atom is 0.160 e.